The van der Waals surface area contributed by atoms with Gasteiger partial charge in [-0.15, -0.1) is 0 Å². The van der Waals surface area contributed by atoms with Gasteiger partial charge in [0.2, 0.25) is 5.91 Å². The molecule has 1 aliphatic rings. The fourth-order valence-electron chi connectivity index (χ4n) is 4.58. The van der Waals surface area contributed by atoms with Gasteiger partial charge < -0.3 is 19.6 Å². The minimum atomic E-state index is -1.01. The van der Waals surface area contributed by atoms with E-state index in [2.05, 4.69) is 0 Å². The molecule has 1 N–H and O–H groups in total. The molecule has 3 aromatic carbocycles. The monoisotopic (exact) mass is 554 g/mol. The van der Waals surface area contributed by atoms with E-state index in [9.17, 15) is 19.5 Å². The Morgan fingerprint density at radius 1 is 0.921 bits per heavy atom. The molecular weight excluding hydrogens is 527 g/mol. The summed E-state index contributed by atoms with van der Waals surface area (Å²) in [4.78, 5) is 41.6. The minimum absolute atomic E-state index is 0.0122. The van der Waals surface area contributed by atoms with Crippen LogP contribution in [0.25, 0.3) is 0 Å². The number of nitrogens with zero attached hydrogens (tertiary/aromatic N) is 2. The fourth-order valence-corrected chi connectivity index (χ4v) is 5.01. The lowest BCUT2D eigenvalue weighted by Crippen LogP contribution is -2.55. The molecule has 1 aliphatic heterocycles. The van der Waals surface area contributed by atoms with Crippen molar-refractivity contribution >= 4 is 41.0 Å². The number of aliphatic carboxylic acids is 1. The van der Waals surface area contributed by atoms with E-state index in [1.807, 2.05) is 60.7 Å². The number of amides is 2. The number of ether oxygens (including phenoxy) is 1. The van der Waals surface area contributed by atoms with Gasteiger partial charge in [-0.3, -0.25) is 14.4 Å². The Bertz CT molecular complexity index is 1290. The molecule has 0 radical (unpaired) electrons. The molecule has 7 nitrogen and oxygen atoms in total. The molecule has 0 aromatic heterocycles. The number of morpholine rings is 1. The highest BCUT2D eigenvalue weighted by Gasteiger charge is 2.43. The first-order chi connectivity index (χ1) is 18.3. The van der Waals surface area contributed by atoms with Crippen molar-refractivity contribution in [1.29, 1.82) is 0 Å². The van der Waals surface area contributed by atoms with Crippen molar-refractivity contribution in [3.05, 3.63) is 106 Å². The minimum Gasteiger partial charge on any atom is -0.481 e. The second kappa shape index (κ2) is 12.9. The molecule has 3 aromatic rings. The number of benzene rings is 3. The largest absolute Gasteiger partial charge is 0.481 e. The molecule has 0 saturated carbocycles. The first-order valence-corrected chi connectivity index (χ1v) is 13.0. The molecular formula is C29H28Cl2N2O5. The predicted octanol–water partition coefficient (Wildman–Crippen LogP) is 5.01. The molecule has 2 atom stereocenters. The van der Waals surface area contributed by atoms with Gasteiger partial charge in [0, 0.05) is 29.7 Å². The summed E-state index contributed by atoms with van der Waals surface area (Å²) in [5.41, 5.74) is 2.49. The van der Waals surface area contributed by atoms with Gasteiger partial charge in [0.05, 0.1) is 12.5 Å². The van der Waals surface area contributed by atoms with E-state index in [4.69, 9.17) is 27.9 Å². The van der Waals surface area contributed by atoms with Crippen LogP contribution in [0.15, 0.2) is 78.9 Å². The maximum absolute atomic E-state index is 14.0. The van der Waals surface area contributed by atoms with Crippen LogP contribution in [-0.4, -0.2) is 58.5 Å². The maximum Gasteiger partial charge on any atom is 0.305 e. The van der Waals surface area contributed by atoms with Gasteiger partial charge in [0.15, 0.2) is 6.10 Å². The van der Waals surface area contributed by atoms with Gasteiger partial charge in [-0.05, 0) is 47.4 Å². The van der Waals surface area contributed by atoms with Crippen molar-refractivity contribution in [2.45, 2.75) is 31.5 Å². The van der Waals surface area contributed by atoms with Gasteiger partial charge in [-0.25, -0.2) is 0 Å². The number of carboxylic acid groups (broad SMARTS) is 1. The summed E-state index contributed by atoms with van der Waals surface area (Å²) >= 11 is 12.3. The molecule has 2 amide bonds. The van der Waals surface area contributed by atoms with E-state index < -0.39 is 18.1 Å². The Hall–Kier alpha value is -3.39. The van der Waals surface area contributed by atoms with Crippen molar-refractivity contribution in [3.63, 3.8) is 0 Å². The van der Waals surface area contributed by atoms with Crippen LogP contribution >= 0.6 is 23.2 Å². The number of carbonyl (C=O) groups excluding carboxylic acids is 2. The average molecular weight is 555 g/mol. The Morgan fingerprint density at radius 2 is 1.58 bits per heavy atom. The van der Waals surface area contributed by atoms with Crippen LogP contribution in [0.3, 0.4) is 0 Å². The Kier molecular flexibility index (Phi) is 9.39. The summed E-state index contributed by atoms with van der Waals surface area (Å²) in [6.07, 6.45) is -0.739. The van der Waals surface area contributed by atoms with E-state index >= 15 is 0 Å². The Labute approximate surface area is 231 Å². The van der Waals surface area contributed by atoms with Gasteiger partial charge in [-0.1, -0.05) is 77.8 Å². The van der Waals surface area contributed by atoms with E-state index in [1.165, 1.54) is 4.90 Å². The zero-order chi connectivity index (χ0) is 27.1. The van der Waals surface area contributed by atoms with Crippen LogP contribution < -0.4 is 0 Å². The smallest absolute Gasteiger partial charge is 0.305 e. The third kappa shape index (κ3) is 7.13. The highest BCUT2D eigenvalue weighted by molar-refractivity contribution is 6.30. The second-order valence-corrected chi connectivity index (χ2v) is 9.96. The van der Waals surface area contributed by atoms with Crippen LogP contribution in [0.4, 0.5) is 0 Å². The second-order valence-electron chi connectivity index (χ2n) is 9.09. The number of rotatable bonds is 10. The van der Waals surface area contributed by atoms with Crippen molar-refractivity contribution in [1.82, 2.24) is 9.80 Å². The van der Waals surface area contributed by atoms with Crippen LogP contribution in [-0.2, 0) is 32.1 Å². The first kappa shape index (κ1) is 27.6. The van der Waals surface area contributed by atoms with Crippen LogP contribution in [0, 0.1) is 0 Å². The SMILES string of the molecule is O=C(O)CCN(CCc1cccc(Cl)c1)C(=O)[C@H]1OCC(=O)N(Cc2cccc(Cl)c2)[C@@H]1c1ccccc1. The molecule has 9 heteroatoms. The topological polar surface area (TPSA) is 87.1 Å². The predicted molar refractivity (Wildman–Crippen MR) is 145 cm³/mol. The first-order valence-electron chi connectivity index (χ1n) is 12.3. The van der Waals surface area contributed by atoms with E-state index in [0.717, 1.165) is 16.7 Å². The van der Waals surface area contributed by atoms with Gasteiger partial charge in [0.25, 0.3) is 5.91 Å². The van der Waals surface area contributed by atoms with Crippen molar-refractivity contribution in [2.75, 3.05) is 19.7 Å². The zero-order valence-corrected chi connectivity index (χ0v) is 22.1. The average Bonchev–Trinajstić information content (AvgIpc) is 2.90. The lowest BCUT2D eigenvalue weighted by molar-refractivity contribution is -0.170. The molecule has 1 heterocycles. The Balaban J connectivity index is 1.64. The molecule has 0 unspecified atom stereocenters. The maximum atomic E-state index is 14.0. The molecule has 0 spiro atoms. The van der Waals surface area contributed by atoms with Crippen LogP contribution in [0.1, 0.15) is 29.2 Å². The highest BCUT2D eigenvalue weighted by Crippen LogP contribution is 2.33. The number of carboxylic acids is 1. The van der Waals surface area contributed by atoms with Crippen LogP contribution in [0.2, 0.25) is 10.0 Å². The number of carbonyl (C=O) groups is 3. The summed E-state index contributed by atoms with van der Waals surface area (Å²) < 4.78 is 5.89. The van der Waals surface area contributed by atoms with Gasteiger partial charge in [-0.2, -0.15) is 0 Å². The number of hydrogen-bond acceptors (Lipinski definition) is 4. The fraction of sp³-hybridized carbons (Fsp3) is 0.276. The van der Waals surface area contributed by atoms with E-state index in [-0.39, 0.29) is 44.5 Å². The molecule has 0 bridgehead atoms. The summed E-state index contributed by atoms with van der Waals surface area (Å²) in [5.74, 6) is -1.63. The molecule has 1 fully saturated rings. The van der Waals surface area contributed by atoms with Crippen LogP contribution in [0.5, 0.6) is 0 Å². The molecule has 1 saturated heterocycles. The number of hydrogen-bond donors (Lipinski definition) is 1. The normalized spacial score (nSPS) is 17.3. The molecule has 4 rings (SSSR count). The van der Waals surface area contributed by atoms with Crippen molar-refractivity contribution in [3.8, 4) is 0 Å². The summed E-state index contributed by atoms with van der Waals surface area (Å²) in [7, 11) is 0. The number of halogens is 2. The summed E-state index contributed by atoms with van der Waals surface area (Å²) in [6.45, 7) is 0.263. The summed E-state index contributed by atoms with van der Waals surface area (Å²) in [6, 6.07) is 23.1. The zero-order valence-electron chi connectivity index (χ0n) is 20.6. The van der Waals surface area contributed by atoms with Crippen molar-refractivity contribution < 1.29 is 24.2 Å². The highest BCUT2D eigenvalue weighted by atomic mass is 35.5. The van der Waals surface area contributed by atoms with E-state index in [0.29, 0.717) is 16.5 Å². The molecule has 0 aliphatic carbocycles. The molecule has 38 heavy (non-hydrogen) atoms. The molecule has 198 valence electrons. The third-order valence-electron chi connectivity index (χ3n) is 6.42. The van der Waals surface area contributed by atoms with E-state index in [1.54, 1.807) is 23.1 Å². The van der Waals surface area contributed by atoms with Crippen molar-refractivity contribution in [2.24, 2.45) is 0 Å². The summed E-state index contributed by atoms with van der Waals surface area (Å²) in [5, 5.41) is 10.5. The third-order valence-corrected chi connectivity index (χ3v) is 6.89. The lowest BCUT2D eigenvalue weighted by atomic mass is 9.95. The quantitative estimate of drug-likeness (QED) is 0.380. The standard InChI is InChI=1S/C29H28Cl2N2O5/c30-23-10-4-6-20(16-23)12-14-32(15-13-26(35)36)29(37)28-27(22-8-2-1-3-9-22)33(25(34)19-38-28)18-21-7-5-11-24(31)17-21/h1-11,16-17,27-28H,12-15,18-19H2,(H,35,36)/t27-,28+/m1/s1. The van der Waals surface area contributed by atoms with Gasteiger partial charge in [0.1, 0.15) is 6.61 Å². The Morgan fingerprint density at radius 3 is 2.24 bits per heavy atom. The lowest BCUT2D eigenvalue weighted by Gasteiger charge is -2.42. The van der Waals surface area contributed by atoms with Gasteiger partial charge >= 0.3 is 5.97 Å².